The molecule has 102 valence electrons. The maximum atomic E-state index is 12.2. The molecular formula is C14H21BrO2S. The summed E-state index contributed by atoms with van der Waals surface area (Å²) in [5, 5.41) is 0.734. The minimum atomic E-state index is -3.04. The number of sulfone groups is 1. The van der Waals surface area contributed by atoms with Crippen molar-refractivity contribution in [2.24, 2.45) is 11.8 Å². The maximum absolute atomic E-state index is 12.2. The van der Waals surface area contributed by atoms with Crippen LogP contribution in [0.5, 0.6) is 0 Å². The summed E-state index contributed by atoms with van der Waals surface area (Å²) < 4.78 is 24.3. The molecule has 2 nitrogen and oxygen atoms in total. The van der Waals surface area contributed by atoms with E-state index in [0.29, 0.717) is 5.92 Å². The van der Waals surface area contributed by atoms with Crippen LogP contribution in [0.3, 0.4) is 0 Å². The SMILES string of the molecule is Cc1cccc(CS(=O)(=O)CC(CBr)C(C)C)c1. The number of hydrogen-bond donors (Lipinski definition) is 0. The van der Waals surface area contributed by atoms with E-state index < -0.39 is 9.84 Å². The highest BCUT2D eigenvalue weighted by Gasteiger charge is 2.21. The van der Waals surface area contributed by atoms with Crippen molar-refractivity contribution < 1.29 is 8.42 Å². The number of aryl methyl sites for hydroxylation is 1. The molecule has 0 aromatic heterocycles. The summed E-state index contributed by atoms with van der Waals surface area (Å²) in [6, 6.07) is 7.70. The van der Waals surface area contributed by atoms with E-state index >= 15 is 0 Å². The second-order valence-corrected chi connectivity index (χ2v) is 7.96. The van der Waals surface area contributed by atoms with Crippen LogP contribution in [0.1, 0.15) is 25.0 Å². The van der Waals surface area contributed by atoms with Gasteiger partial charge in [0.25, 0.3) is 0 Å². The van der Waals surface area contributed by atoms with Crippen LogP contribution in [0.2, 0.25) is 0 Å². The largest absolute Gasteiger partial charge is 0.228 e. The van der Waals surface area contributed by atoms with Crippen LogP contribution in [-0.4, -0.2) is 19.5 Å². The third-order valence-electron chi connectivity index (χ3n) is 3.08. The molecule has 0 heterocycles. The normalized spacial score (nSPS) is 13.8. The Morgan fingerprint density at radius 1 is 1.28 bits per heavy atom. The van der Waals surface area contributed by atoms with Gasteiger partial charge in [-0.2, -0.15) is 0 Å². The lowest BCUT2D eigenvalue weighted by Gasteiger charge is -2.18. The Balaban J connectivity index is 2.76. The molecule has 1 aromatic rings. The van der Waals surface area contributed by atoms with E-state index in [1.54, 1.807) is 0 Å². The molecular weight excluding hydrogens is 312 g/mol. The summed E-state index contributed by atoms with van der Waals surface area (Å²) in [4.78, 5) is 0. The predicted molar refractivity (Wildman–Crippen MR) is 80.8 cm³/mol. The first kappa shape index (κ1) is 15.7. The van der Waals surface area contributed by atoms with Crippen LogP contribution in [0.25, 0.3) is 0 Å². The molecule has 0 saturated heterocycles. The fourth-order valence-electron chi connectivity index (χ4n) is 1.86. The lowest BCUT2D eigenvalue weighted by molar-refractivity contribution is 0.461. The van der Waals surface area contributed by atoms with Crippen LogP contribution in [0.15, 0.2) is 24.3 Å². The molecule has 0 saturated carbocycles. The van der Waals surface area contributed by atoms with E-state index in [2.05, 4.69) is 29.8 Å². The predicted octanol–water partition coefficient (Wildman–Crippen LogP) is 3.58. The molecule has 1 rings (SSSR count). The van der Waals surface area contributed by atoms with Gasteiger partial charge in [0.05, 0.1) is 11.5 Å². The van der Waals surface area contributed by atoms with E-state index in [9.17, 15) is 8.42 Å². The zero-order valence-corrected chi connectivity index (χ0v) is 13.6. The monoisotopic (exact) mass is 332 g/mol. The summed E-state index contributed by atoms with van der Waals surface area (Å²) in [7, 11) is -3.04. The number of hydrogen-bond acceptors (Lipinski definition) is 2. The van der Waals surface area contributed by atoms with Crippen molar-refractivity contribution in [1.82, 2.24) is 0 Å². The average molecular weight is 333 g/mol. The highest BCUT2D eigenvalue weighted by molar-refractivity contribution is 9.09. The standard InChI is InChI=1S/C14H21BrO2S/c1-11(2)14(8-15)10-18(16,17)9-13-6-4-5-12(3)7-13/h4-7,11,14H,8-10H2,1-3H3. The van der Waals surface area contributed by atoms with Gasteiger partial charge < -0.3 is 0 Å². The summed E-state index contributed by atoms with van der Waals surface area (Å²) in [5.41, 5.74) is 1.98. The first-order valence-electron chi connectivity index (χ1n) is 6.16. The Kier molecular flexibility index (Phi) is 5.86. The van der Waals surface area contributed by atoms with Crippen LogP contribution in [0.4, 0.5) is 0 Å². The van der Waals surface area contributed by atoms with Gasteiger partial charge >= 0.3 is 0 Å². The third-order valence-corrected chi connectivity index (χ3v) is 5.62. The van der Waals surface area contributed by atoms with Crippen LogP contribution < -0.4 is 0 Å². The van der Waals surface area contributed by atoms with Crippen LogP contribution >= 0.6 is 15.9 Å². The molecule has 4 heteroatoms. The van der Waals surface area contributed by atoms with Crippen LogP contribution in [-0.2, 0) is 15.6 Å². The number of rotatable bonds is 6. The second-order valence-electron chi connectivity index (χ2n) is 5.20. The Morgan fingerprint density at radius 3 is 2.44 bits per heavy atom. The molecule has 0 aliphatic carbocycles. The molecule has 0 radical (unpaired) electrons. The topological polar surface area (TPSA) is 34.1 Å². The summed E-state index contributed by atoms with van der Waals surface area (Å²) in [5.74, 6) is 0.950. The molecule has 0 spiro atoms. The minimum Gasteiger partial charge on any atom is -0.228 e. The van der Waals surface area contributed by atoms with E-state index in [-0.39, 0.29) is 17.4 Å². The number of halogens is 1. The van der Waals surface area contributed by atoms with Crippen molar-refractivity contribution in [2.45, 2.75) is 26.5 Å². The third kappa shape index (κ3) is 5.11. The molecule has 0 fully saturated rings. The summed E-state index contributed by atoms with van der Waals surface area (Å²) in [6.45, 7) is 6.10. The van der Waals surface area contributed by atoms with Gasteiger partial charge in [-0.05, 0) is 24.3 Å². The smallest absolute Gasteiger partial charge is 0.154 e. The highest BCUT2D eigenvalue weighted by Crippen LogP contribution is 2.19. The van der Waals surface area contributed by atoms with Gasteiger partial charge in [-0.1, -0.05) is 59.6 Å². The number of benzene rings is 1. The van der Waals surface area contributed by atoms with Gasteiger partial charge in [0, 0.05) is 5.33 Å². The fraction of sp³-hybridized carbons (Fsp3) is 0.571. The molecule has 1 atom stereocenters. The lowest BCUT2D eigenvalue weighted by atomic mass is 10.0. The highest BCUT2D eigenvalue weighted by atomic mass is 79.9. The second kappa shape index (κ2) is 6.71. The van der Waals surface area contributed by atoms with Gasteiger partial charge in [0.2, 0.25) is 0 Å². The van der Waals surface area contributed by atoms with Crippen molar-refractivity contribution in [3.8, 4) is 0 Å². The molecule has 0 aliphatic heterocycles. The molecule has 0 bridgehead atoms. The van der Waals surface area contributed by atoms with Crippen LogP contribution in [0, 0.1) is 18.8 Å². The maximum Gasteiger partial charge on any atom is 0.154 e. The number of alkyl halides is 1. The van der Waals surface area contributed by atoms with E-state index in [0.717, 1.165) is 16.5 Å². The van der Waals surface area contributed by atoms with E-state index in [1.165, 1.54) is 0 Å². The van der Waals surface area contributed by atoms with Gasteiger partial charge in [-0.3, -0.25) is 0 Å². The fourth-order valence-corrected chi connectivity index (χ4v) is 5.10. The molecule has 1 aromatic carbocycles. The van der Waals surface area contributed by atoms with Crippen molar-refractivity contribution in [2.75, 3.05) is 11.1 Å². The molecule has 0 N–H and O–H groups in total. The lowest BCUT2D eigenvalue weighted by Crippen LogP contribution is -2.23. The van der Waals surface area contributed by atoms with Crippen molar-refractivity contribution in [3.05, 3.63) is 35.4 Å². The van der Waals surface area contributed by atoms with Gasteiger partial charge in [-0.15, -0.1) is 0 Å². The van der Waals surface area contributed by atoms with Crippen molar-refractivity contribution >= 4 is 25.8 Å². The Labute approximate surface area is 119 Å². The minimum absolute atomic E-state index is 0.144. The molecule has 0 amide bonds. The van der Waals surface area contributed by atoms with Gasteiger partial charge in [0.1, 0.15) is 0 Å². The van der Waals surface area contributed by atoms with Gasteiger partial charge in [0.15, 0.2) is 9.84 Å². The summed E-state index contributed by atoms with van der Waals surface area (Å²) >= 11 is 3.40. The zero-order chi connectivity index (χ0) is 13.8. The Bertz CT molecular complexity index is 480. The summed E-state index contributed by atoms with van der Waals surface area (Å²) in [6.07, 6.45) is 0. The first-order chi connectivity index (χ1) is 8.34. The zero-order valence-electron chi connectivity index (χ0n) is 11.2. The molecule has 18 heavy (non-hydrogen) atoms. The first-order valence-corrected chi connectivity index (χ1v) is 9.10. The van der Waals surface area contributed by atoms with E-state index in [4.69, 9.17) is 0 Å². The Morgan fingerprint density at radius 2 is 1.94 bits per heavy atom. The van der Waals surface area contributed by atoms with Gasteiger partial charge in [-0.25, -0.2) is 8.42 Å². The van der Waals surface area contributed by atoms with E-state index in [1.807, 2.05) is 31.2 Å². The Hall–Kier alpha value is -0.350. The average Bonchev–Trinajstić information content (AvgIpc) is 2.25. The molecule has 1 unspecified atom stereocenters. The van der Waals surface area contributed by atoms with Crippen molar-refractivity contribution in [1.29, 1.82) is 0 Å². The molecule has 0 aliphatic rings. The quantitative estimate of drug-likeness (QED) is 0.746. The van der Waals surface area contributed by atoms with Crippen molar-refractivity contribution in [3.63, 3.8) is 0 Å².